The molecule has 5 heteroatoms. The van der Waals surface area contributed by atoms with Crippen molar-refractivity contribution in [3.05, 3.63) is 35.4 Å². The third-order valence-corrected chi connectivity index (χ3v) is 5.87. The predicted octanol–water partition coefficient (Wildman–Crippen LogP) is 2.15. The van der Waals surface area contributed by atoms with Crippen LogP contribution in [0.1, 0.15) is 37.3 Å². The third-order valence-electron chi connectivity index (χ3n) is 3.97. The van der Waals surface area contributed by atoms with Crippen LogP contribution in [0.5, 0.6) is 0 Å². The number of nitrogens with zero attached hydrogens (tertiary/aromatic N) is 1. The molecule has 0 atom stereocenters. The van der Waals surface area contributed by atoms with Gasteiger partial charge in [-0.25, -0.2) is 8.42 Å². The zero-order valence-corrected chi connectivity index (χ0v) is 13.7. The number of nitrogens with one attached hydrogen (secondary N) is 1. The second-order valence-electron chi connectivity index (χ2n) is 5.58. The zero-order valence-electron chi connectivity index (χ0n) is 12.8. The lowest BCUT2D eigenvalue weighted by Crippen LogP contribution is -2.33. The molecule has 0 unspecified atom stereocenters. The number of sulfonamides is 1. The maximum Gasteiger partial charge on any atom is 0.214 e. The molecule has 0 saturated heterocycles. The van der Waals surface area contributed by atoms with Gasteiger partial charge in [-0.15, -0.1) is 0 Å². The Hall–Kier alpha value is -0.910. The second-order valence-corrected chi connectivity index (χ2v) is 7.67. The fourth-order valence-electron chi connectivity index (χ4n) is 2.75. The average Bonchev–Trinajstić information content (AvgIpc) is 2.69. The van der Waals surface area contributed by atoms with Crippen LogP contribution in [0.15, 0.2) is 24.3 Å². The molecule has 118 valence electrons. The first-order valence-corrected chi connectivity index (χ1v) is 9.49. The van der Waals surface area contributed by atoms with Gasteiger partial charge in [-0.05, 0) is 49.9 Å². The maximum absolute atomic E-state index is 12.5. The van der Waals surface area contributed by atoms with Crippen LogP contribution >= 0.6 is 0 Å². The summed E-state index contributed by atoms with van der Waals surface area (Å²) in [6, 6.07) is 8.19. The summed E-state index contributed by atoms with van der Waals surface area (Å²) in [5, 5.41) is 3.23. The van der Waals surface area contributed by atoms with E-state index in [4.69, 9.17) is 0 Å². The highest BCUT2D eigenvalue weighted by Crippen LogP contribution is 2.21. The first-order chi connectivity index (χ1) is 10.1. The van der Waals surface area contributed by atoms with E-state index < -0.39 is 10.0 Å². The van der Waals surface area contributed by atoms with Crippen molar-refractivity contribution in [3.8, 4) is 0 Å². The van der Waals surface area contributed by atoms with E-state index >= 15 is 0 Å². The first-order valence-electron chi connectivity index (χ1n) is 7.89. The van der Waals surface area contributed by atoms with Crippen LogP contribution in [-0.4, -0.2) is 38.1 Å². The Balaban J connectivity index is 1.94. The van der Waals surface area contributed by atoms with E-state index in [9.17, 15) is 8.42 Å². The number of rotatable bonds is 7. The van der Waals surface area contributed by atoms with E-state index in [2.05, 4.69) is 18.3 Å². The molecule has 1 heterocycles. The van der Waals surface area contributed by atoms with Gasteiger partial charge >= 0.3 is 0 Å². The Morgan fingerprint density at radius 1 is 1.19 bits per heavy atom. The number of fused-ring (bicyclic) bond motifs is 1. The van der Waals surface area contributed by atoms with Crippen LogP contribution in [0.25, 0.3) is 0 Å². The molecule has 1 aliphatic rings. The molecular formula is C16H26N2O2S. The highest BCUT2D eigenvalue weighted by atomic mass is 32.2. The van der Waals surface area contributed by atoms with E-state index in [-0.39, 0.29) is 5.75 Å². The van der Waals surface area contributed by atoms with Crippen LogP contribution in [0.4, 0.5) is 0 Å². The van der Waals surface area contributed by atoms with Crippen LogP contribution in [0.3, 0.4) is 0 Å². The molecule has 0 amide bonds. The van der Waals surface area contributed by atoms with E-state index in [1.165, 1.54) is 5.56 Å². The second kappa shape index (κ2) is 7.92. The Morgan fingerprint density at radius 2 is 1.95 bits per heavy atom. The molecule has 0 spiro atoms. The van der Waals surface area contributed by atoms with Gasteiger partial charge in [0.25, 0.3) is 0 Å². The zero-order chi connectivity index (χ0) is 15.1. The highest BCUT2D eigenvalue weighted by Gasteiger charge is 2.24. The largest absolute Gasteiger partial charge is 0.317 e. The summed E-state index contributed by atoms with van der Waals surface area (Å²) in [4.78, 5) is 0. The molecule has 0 saturated carbocycles. The number of hydrogen-bond acceptors (Lipinski definition) is 3. The molecule has 0 bridgehead atoms. The van der Waals surface area contributed by atoms with Crippen molar-refractivity contribution in [1.29, 1.82) is 0 Å². The Labute approximate surface area is 128 Å². The van der Waals surface area contributed by atoms with Crippen molar-refractivity contribution in [2.45, 2.75) is 39.2 Å². The minimum absolute atomic E-state index is 0.264. The van der Waals surface area contributed by atoms with Crippen molar-refractivity contribution >= 4 is 10.0 Å². The lowest BCUT2D eigenvalue weighted by molar-refractivity contribution is 0.409. The van der Waals surface area contributed by atoms with Gasteiger partial charge in [-0.2, -0.15) is 4.31 Å². The lowest BCUT2D eigenvalue weighted by Gasteiger charge is -2.20. The highest BCUT2D eigenvalue weighted by molar-refractivity contribution is 7.89. The Kier molecular flexibility index (Phi) is 6.21. The molecule has 0 fully saturated rings. The van der Waals surface area contributed by atoms with E-state index in [1.807, 2.05) is 18.2 Å². The van der Waals surface area contributed by atoms with Crippen molar-refractivity contribution < 1.29 is 8.42 Å². The summed E-state index contributed by atoms with van der Waals surface area (Å²) < 4.78 is 26.6. The van der Waals surface area contributed by atoms with Gasteiger partial charge in [0, 0.05) is 13.1 Å². The van der Waals surface area contributed by atoms with Crippen LogP contribution < -0.4 is 5.32 Å². The van der Waals surface area contributed by atoms with E-state index in [1.54, 1.807) is 4.31 Å². The van der Waals surface area contributed by atoms with Gasteiger partial charge in [0.05, 0.1) is 5.75 Å². The van der Waals surface area contributed by atoms with Crippen LogP contribution in [0.2, 0.25) is 0 Å². The fourth-order valence-corrected chi connectivity index (χ4v) is 4.32. The minimum atomic E-state index is -3.13. The number of aryl methyl sites for hydroxylation is 1. The van der Waals surface area contributed by atoms with Gasteiger partial charge in [0.2, 0.25) is 10.0 Å². The molecule has 1 N–H and O–H groups in total. The molecule has 0 aliphatic carbocycles. The summed E-state index contributed by atoms with van der Waals surface area (Å²) in [7, 11) is -3.13. The topological polar surface area (TPSA) is 49.4 Å². The number of unbranched alkanes of at least 4 members (excludes halogenated alkanes) is 1. The van der Waals surface area contributed by atoms with Crippen molar-refractivity contribution in [1.82, 2.24) is 9.62 Å². The van der Waals surface area contributed by atoms with Crippen LogP contribution in [-0.2, 0) is 23.0 Å². The Bertz CT molecular complexity index is 543. The standard InChI is InChI=1S/C16H26N2O2S/c1-2-17-11-5-6-13-21(19,20)18-12-7-10-15-8-3-4-9-16(15)14-18/h3-4,8-9,17H,2,5-7,10-14H2,1H3. The molecule has 0 radical (unpaired) electrons. The molecule has 1 aromatic carbocycles. The molecule has 2 rings (SSSR count). The molecule has 1 aliphatic heterocycles. The fraction of sp³-hybridized carbons (Fsp3) is 0.625. The average molecular weight is 310 g/mol. The van der Waals surface area contributed by atoms with Crippen molar-refractivity contribution in [2.24, 2.45) is 0 Å². The summed E-state index contributed by atoms with van der Waals surface area (Å²) in [6.07, 6.45) is 3.53. The van der Waals surface area contributed by atoms with E-state index in [0.717, 1.165) is 44.3 Å². The van der Waals surface area contributed by atoms with Gasteiger partial charge in [-0.3, -0.25) is 0 Å². The van der Waals surface area contributed by atoms with Gasteiger partial charge in [0.1, 0.15) is 0 Å². The van der Waals surface area contributed by atoms with Gasteiger partial charge < -0.3 is 5.32 Å². The summed E-state index contributed by atoms with van der Waals surface area (Å²) in [6.45, 7) is 5.08. The molecule has 4 nitrogen and oxygen atoms in total. The SMILES string of the molecule is CCNCCCCS(=O)(=O)N1CCCc2ccccc2C1. The molecule has 0 aromatic heterocycles. The number of hydrogen-bond donors (Lipinski definition) is 1. The molecular weight excluding hydrogens is 284 g/mol. The lowest BCUT2D eigenvalue weighted by atomic mass is 10.0. The Morgan fingerprint density at radius 3 is 2.71 bits per heavy atom. The predicted molar refractivity (Wildman–Crippen MR) is 86.7 cm³/mol. The first kappa shape index (κ1) is 16.5. The number of benzene rings is 1. The maximum atomic E-state index is 12.5. The van der Waals surface area contributed by atoms with Crippen LogP contribution in [0, 0.1) is 0 Å². The van der Waals surface area contributed by atoms with Crippen molar-refractivity contribution in [2.75, 3.05) is 25.4 Å². The monoisotopic (exact) mass is 310 g/mol. The summed E-state index contributed by atoms with van der Waals surface area (Å²) >= 11 is 0. The van der Waals surface area contributed by atoms with Crippen molar-refractivity contribution in [3.63, 3.8) is 0 Å². The van der Waals surface area contributed by atoms with E-state index in [0.29, 0.717) is 13.1 Å². The smallest absolute Gasteiger partial charge is 0.214 e. The normalized spacial score (nSPS) is 16.4. The quantitative estimate of drug-likeness (QED) is 0.785. The molecule has 21 heavy (non-hydrogen) atoms. The summed E-state index contributed by atoms with van der Waals surface area (Å²) in [5.74, 6) is 0.264. The third kappa shape index (κ3) is 4.80. The molecule has 1 aromatic rings. The van der Waals surface area contributed by atoms with Gasteiger partial charge in [-0.1, -0.05) is 31.2 Å². The minimum Gasteiger partial charge on any atom is -0.317 e. The van der Waals surface area contributed by atoms with Gasteiger partial charge in [0.15, 0.2) is 0 Å². The summed E-state index contributed by atoms with van der Waals surface area (Å²) in [5.41, 5.74) is 2.45.